The van der Waals surface area contributed by atoms with Crippen molar-refractivity contribution in [2.75, 3.05) is 0 Å². The van der Waals surface area contributed by atoms with Crippen molar-refractivity contribution in [3.63, 3.8) is 0 Å². The fourth-order valence-corrected chi connectivity index (χ4v) is 3.39. The smallest absolute Gasteiger partial charge is 0.101 e. The van der Waals surface area contributed by atoms with E-state index in [1.54, 1.807) is 0 Å². The van der Waals surface area contributed by atoms with Crippen LogP contribution in [0.3, 0.4) is 0 Å². The third kappa shape index (κ3) is 3.12. The highest BCUT2D eigenvalue weighted by molar-refractivity contribution is 6.13. The van der Waals surface area contributed by atoms with Crippen LogP contribution in [0.15, 0.2) is 89.9 Å². The van der Waals surface area contributed by atoms with Crippen LogP contribution in [0.5, 0.6) is 0 Å². The van der Waals surface area contributed by atoms with Crippen molar-refractivity contribution in [3.8, 4) is 0 Å². The molecule has 0 aliphatic carbocycles. The summed E-state index contributed by atoms with van der Waals surface area (Å²) in [7, 11) is 0. The molecule has 0 heterocycles. The van der Waals surface area contributed by atoms with Crippen molar-refractivity contribution in [2.45, 2.75) is 19.1 Å². The number of fused-ring (bicyclic) bond motifs is 2. The van der Waals surface area contributed by atoms with Crippen LogP contribution >= 0.6 is 0 Å². The van der Waals surface area contributed by atoms with Gasteiger partial charge in [0.05, 0.1) is 6.04 Å². The van der Waals surface area contributed by atoms with E-state index in [1.165, 1.54) is 21.5 Å². The van der Waals surface area contributed by atoms with Crippen molar-refractivity contribution in [3.05, 3.63) is 96.1 Å². The Morgan fingerprint density at radius 2 is 1.31 bits per heavy atom. The van der Waals surface area contributed by atoms with Crippen LogP contribution in [-0.2, 0) is 0 Å². The van der Waals surface area contributed by atoms with E-state index >= 15 is 0 Å². The Labute approximate surface area is 153 Å². The lowest BCUT2D eigenvalue weighted by Gasteiger charge is -2.16. The van der Waals surface area contributed by atoms with E-state index in [9.17, 15) is 5.11 Å². The molecular formula is C24H21NO. The molecule has 0 unspecified atom stereocenters. The zero-order chi connectivity index (χ0) is 17.9. The second-order valence-electron chi connectivity index (χ2n) is 6.61. The van der Waals surface area contributed by atoms with Gasteiger partial charge in [-0.05, 0) is 40.1 Å². The molecule has 2 atom stereocenters. The SMILES string of the molecule is C[C@@H](N=Cc1c2ccccc2cc2ccccc12)[C@@H](O)c1ccccc1. The number of aliphatic imine (C=N–C) groups is 1. The summed E-state index contributed by atoms with van der Waals surface area (Å²) in [6.07, 6.45) is 1.30. The first-order valence-electron chi connectivity index (χ1n) is 8.91. The molecule has 2 nitrogen and oxygen atoms in total. The standard InChI is InChI=1S/C24H21NO/c1-17(24(26)18-9-3-2-4-10-18)25-16-23-21-13-7-5-11-19(21)15-20-12-6-8-14-22(20)23/h2-17,24,26H,1H3/t17-,24-/m1/s1. The van der Waals surface area contributed by atoms with Crippen molar-refractivity contribution in [2.24, 2.45) is 4.99 Å². The lowest BCUT2D eigenvalue weighted by atomic mass is 9.97. The monoisotopic (exact) mass is 339 g/mol. The van der Waals surface area contributed by atoms with E-state index in [0.29, 0.717) is 0 Å². The fraction of sp³-hybridized carbons (Fsp3) is 0.125. The lowest BCUT2D eigenvalue weighted by molar-refractivity contribution is 0.154. The molecule has 0 spiro atoms. The summed E-state index contributed by atoms with van der Waals surface area (Å²) in [5.74, 6) is 0. The molecule has 0 amide bonds. The van der Waals surface area contributed by atoms with E-state index in [4.69, 9.17) is 4.99 Å². The molecule has 0 aliphatic rings. The van der Waals surface area contributed by atoms with Crippen LogP contribution in [0.4, 0.5) is 0 Å². The molecule has 0 bridgehead atoms. The second kappa shape index (κ2) is 7.11. The molecule has 0 radical (unpaired) electrons. The molecule has 0 fully saturated rings. The Morgan fingerprint density at radius 3 is 1.92 bits per heavy atom. The molecule has 4 aromatic carbocycles. The van der Waals surface area contributed by atoms with Crippen LogP contribution in [0.1, 0.15) is 24.2 Å². The predicted octanol–water partition coefficient (Wildman–Crippen LogP) is 5.53. The summed E-state index contributed by atoms with van der Waals surface area (Å²) in [6, 6.07) is 28.4. The third-order valence-electron chi connectivity index (χ3n) is 4.85. The van der Waals surface area contributed by atoms with Crippen molar-refractivity contribution in [1.82, 2.24) is 0 Å². The average molecular weight is 339 g/mol. The molecule has 2 heteroatoms. The van der Waals surface area contributed by atoms with Gasteiger partial charge in [-0.25, -0.2) is 0 Å². The maximum atomic E-state index is 10.6. The molecule has 1 N–H and O–H groups in total. The second-order valence-corrected chi connectivity index (χ2v) is 6.61. The van der Waals surface area contributed by atoms with E-state index in [2.05, 4.69) is 54.6 Å². The molecule has 4 aromatic rings. The Hall–Kier alpha value is -2.97. The van der Waals surface area contributed by atoms with Gasteiger partial charge in [0.25, 0.3) is 0 Å². The van der Waals surface area contributed by atoms with Gasteiger partial charge in [0, 0.05) is 11.8 Å². The van der Waals surface area contributed by atoms with Crippen molar-refractivity contribution in [1.29, 1.82) is 0 Å². The quantitative estimate of drug-likeness (QED) is 0.384. The average Bonchev–Trinajstić information content (AvgIpc) is 2.71. The number of aliphatic hydroxyl groups excluding tert-OH is 1. The van der Waals surface area contributed by atoms with Crippen LogP contribution < -0.4 is 0 Å². The number of hydrogen-bond acceptors (Lipinski definition) is 2. The normalized spacial score (nSPS) is 14.1. The lowest BCUT2D eigenvalue weighted by Crippen LogP contribution is -2.12. The Bertz CT molecular complexity index is 1020. The zero-order valence-corrected chi connectivity index (χ0v) is 14.7. The van der Waals surface area contributed by atoms with Crippen molar-refractivity contribution >= 4 is 27.8 Å². The molecule has 0 aliphatic heterocycles. The van der Waals surface area contributed by atoms with Crippen LogP contribution in [0.2, 0.25) is 0 Å². The fourth-order valence-electron chi connectivity index (χ4n) is 3.39. The first kappa shape index (κ1) is 16.5. The topological polar surface area (TPSA) is 32.6 Å². The summed E-state index contributed by atoms with van der Waals surface area (Å²) >= 11 is 0. The van der Waals surface area contributed by atoms with Gasteiger partial charge in [0.2, 0.25) is 0 Å². The summed E-state index contributed by atoms with van der Waals surface area (Å²) < 4.78 is 0. The van der Waals surface area contributed by atoms with Gasteiger partial charge in [-0.2, -0.15) is 0 Å². The van der Waals surface area contributed by atoms with Gasteiger partial charge in [-0.3, -0.25) is 4.99 Å². The zero-order valence-electron chi connectivity index (χ0n) is 14.7. The largest absolute Gasteiger partial charge is 0.386 e. The number of rotatable bonds is 4. The number of nitrogens with zero attached hydrogens (tertiary/aromatic N) is 1. The van der Waals surface area contributed by atoms with Crippen LogP contribution in [0.25, 0.3) is 21.5 Å². The van der Waals surface area contributed by atoms with Crippen molar-refractivity contribution < 1.29 is 5.11 Å². The van der Waals surface area contributed by atoms with E-state index in [0.717, 1.165) is 11.1 Å². The van der Waals surface area contributed by atoms with Gasteiger partial charge >= 0.3 is 0 Å². The van der Waals surface area contributed by atoms with E-state index in [1.807, 2.05) is 43.5 Å². The number of hydrogen-bond donors (Lipinski definition) is 1. The minimum absolute atomic E-state index is 0.227. The highest BCUT2D eigenvalue weighted by atomic mass is 16.3. The van der Waals surface area contributed by atoms with Gasteiger partial charge < -0.3 is 5.11 Å². The third-order valence-corrected chi connectivity index (χ3v) is 4.85. The molecular weight excluding hydrogens is 318 g/mol. The Morgan fingerprint density at radius 1 is 0.769 bits per heavy atom. The summed E-state index contributed by atoms with van der Waals surface area (Å²) in [5.41, 5.74) is 1.99. The highest BCUT2D eigenvalue weighted by Gasteiger charge is 2.15. The molecule has 0 saturated heterocycles. The van der Waals surface area contributed by atoms with Crippen LogP contribution in [0, 0.1) is 0 Å². The number of benzene rings is 4. The van der Waals surface area contributed by atoms with Gasteiger partial charge in [0.1, 0.15) is 6.10 Å². The summed E-state index contributed by atoms with van der Waals surface area (Å²) in [4.78, 5) is 4.70. The first-order chi connectivity index (χ1) is 12.7. The Kier molecular flexibility index (Phi) is 4.51. The van der Waals surface area contributed by atoms with Gasteiger partial charge in [-0.15, -0.1) is 0 Å². The van der Waals surface area contributed by atoms with E-state index in [-0.39, 0.29) is 6.04 Å². The number of aliphatic hydroxyl groups is 1. The first-order valence-corrected chi connectivity index (χ1v) is 8.91. The van der Waals surface area contributed by atoms with Gasteiger partial charge in [0.15, 0.2) is 0 Å². The van der Waals surface area contributed by atoms with Gasteiger partial charge in [-0.1, -0.05) is 78.9 Å². The maximum absolute atomic E-state index is 10.6. The minimum Gasteiger partial charge on any atom is -0.386 e. The molecule has 0 saturated carbocycles. The minimum atomic E-state index is -0.617. The molecule has 128 valence electrons. The maximum Gasteiger partial charge on any atom is 0.101 e. The summed E-state index contributed by atoms with van der Waals surface area (Å²) in [6.45, 7) is 1.95. The highest BCUT2D eigenvalue weighted by Crippen LogP contribution is 2.28. The predicted molar refractivity (Wildman–Crippen MR) is 110 cm³/mol. The molecule has 4 rings (SSSR count). The molecule has 26 heavy (non-hydrogen) atoms. The van der Waals surface area contributed by atoms with E-state index < -0.39 is 6.10 Å². The Balaban J connectivity index is 1.77. The van der Waals surface area contributed by atoms with Crippen LogP contribution in [-0.4, -0.2) is 17.4 Å². The summed E-state index contributed by atoms with van der Waals surface area (Å²) in [5, 5.41) is 15.3. The molecule has 0 aromatic heterocycles.